The van der Waals surface area contributed by atoms with Crippen LogP contribution in [0.15, 0.2) is 18.3 Å². The molecular formula is C17H28N4O2. The monoisotopic (exact) mass is 320 g/mol. The first kappa shape index (κ1) is 17.7. The number of ether oxygens (including phenoxy) is 1. The predicted molar refractivity (Wildman–Crippen MR) is 91.2 cm³/mol. The molecule has 2 heterocycles. The molecule has 2 rings (SSSR count). The summed E-state index contributed by atoms with van der Waals surface area (Å²) in [5, 5.41) is 3.00. The number of rotatable bonds is 7. The summed E-state index contributed by atoms with van der Waals surface area (Å²) in [6, 6.07) is 4.02. The molecule has 1 saturated heterocycles. The summed E-state index contributed by atoms with van der Waals surface area (Å²) in [5.74, 6) is 0.990. The van der Waals surface area contributed by atoms with Crippen LogP contribution in [0.2, 0.25) is 0 Å². The minimum absolute atomic E-state index is 0.0299. The molecule has 0 unspecified atom stereocenters. The lowest BCUT2D eigenvalue weighted by molar-refractivity contribution is -0.131. The number of nitrogens with zero attached hydrogens (tertiary/aromatic N) is 2. The quantitative estimate of drug-likeness (QED) is 0.791. The van der Waals surface area contributed by atoms with Gasteiger partial charge in [0.15, 0.2) is 0 Å². The van der Waals surface area contributed by atoms with Gasteiger partial charge in [-0.3, -0.25) is 4.79 Å². The van der Waals surface area contributed by atoms with E-state index in [4.69, 9.17) is 10.5 Å². The van der Waals surface area contributed by atoms with E-state index in [1.54, 1.807) is 0 Å². The topological polar surface area (TPSA) is 80.5 Å². The molecule has 1 fully saturated rings. The Balaban J connectivity index is 1.92. The first-order valence-electron chi connectivity index (χ1n) is 8.41. The van der Waals surface area contributed by atoms with Crippen molar-refractivity contribution >= 4 is 11.7 Å². The van der Waals surface area contributed by atoms with Gasteiger partial charge >= 0.3 is 0 Å². The van der Waals surface area contributed by atoms with Gasteiger partial charge in [-0.1, -0.05) is 19.9 Å². The van der Waals surface area contributed by atoms with E-state index in [-0.39, 0.29) is 5.91 Å². The largest absolute Gasteiger partial charge is 0.378 e. The summed E-state index contributed by atoms with van der Waals surface area (Å²) in [6.45, 7) is 8.11. The van der Waals surface area contributed by atoms with Gasteiger partial charge in [0.2, 0.25) is 5.91 Å². The highest BCUT2D eigenvalue weighted by molar-refractivity contribution is 5.82. The second-order valence-corrected chi connectivity index (χ2v) is 6.00. The molecule has 23 heavy (non-hydrogen) atoms. The molecule has 0 spiro atoms. The minimum Gasteiger partial charge on any atom is -0.378 e. The first-order valence-corrected chi connectivity index (χ1v) is 8.41. The SMILES string of the molecule is CCC(CC)(CN)C(=O)NCc1ccc(N2CCOCC2)nc1. The highest BCUT2D eigenvalue weighted by Crippen LogP contribution is 2.25. The van der Waals surface area contributed by atoms with Gasteiger partial charge in [0.25, 0.3) is 0 Å². The summed E-state index contributed by atoms with van der Waals surface area (Å²) in [6.07, 6.45) is 3.33. The van der Waals surface area contributed by atoms with Gasteiger partial charge in [-0.25, -0.2) is 4.98 Å². The summed E-state index contributed by atoms with van der Waals surface area (Å²) in [4.78, 5) is 19.1. The van der Waals surface area contributed by atoms with Crippen molar-refractivity contribution in [3.63, 3.8) is 0 Å². The molecule has 3 N–H and O–H groups in total. The van der Waals surface area contributed by atoms with E-state index in [9.17, 15) is 4.79 Å². The number of anilines is 1. The van der Waals surface area contributed by atoms with Crippen LogP contribution in [0.1, 0.15) is 32.3 Å². The number of morpholine rings is 1. The fraction of sp³-hybridized carbons (Fsp3) is 0.647. The molecule has 0 aliphatic carbocycles. The molecule has 1 aromatic rings. The Bertz CT molecular complexity index is 486. The molecule has 0 atom stereocenters. The van der Waals surface area contributed by atoms with Crippen LogP contribution in [-0.2, 0) is 16.1 Å². The summed E-state index contributed by atoms with van der Waals surface area (Å²) >= 11 is 0. The third kappa shape index (κ3) is 4.20. The Hall–Kier alpha value is -1.66. The number of nitrogens with one attached hydrogen (secondary N) is 1. The summed E-state index contributed by atoms with van der Waals surface area (Å²) in [7, 11) is 0. The molecule has 0 saturated carbocycles. The van der Waals surface area contributed by atoms with Crippen molar-refractivity contribution in [2.45, 2.75) is 33.2 Å². The van der Waals surface area contributed by atoms with Crippen LogP contribution in [0.5, 0.6) is 0 Å². The van der Waals surface area contributed by atoms with Gasteiger partial charge in [-0.2, -0.15) is 0 Å². The molecule has 6 nitrogen and oxygen atoms in total. The van der Waals surface area contributed by atoms with Gasteiger partial charge < -0.3 is 20.7 Å². The van der Waals surface area contributed by atoms with Gasteiger partial charge in [-0.05, 0) is 24.5 Å². The number of carbonyl (C=O) groups excluding carboxylic acids is 1. The second-order valence-electron chi connectivity index (χ2n) is 6.00. The average Bonchev–Trinajstić information content (AvgIpc) is 2.63. The molecule has 1 aliphatic rings. The van der Waals surface area contributed by atoms with Crippen molar-refractivity contribution in [3.05, 3.63) is 23.9 Å². The third-order valence-corrected chi connectivity index (χ3v) is 4.82. The lowest BCUT2D eigenvalue weighted by atomic mass is 9.81. The van der Waals surface area contributed by atoms with Gasteiger partial charge in [-0.15, -0.1) is 0 Å². The van der Waals surface area contributed by atoms with Gasteiger partial charge in [0.1, 0.15) is 5.82 Å². The maximum Gasteiger partial charge on any atom is 0.227 e. The van der Waals surface area contributed by atoms with Crippen LogP contribution in [0.4, 0.5) is 5.82 Å². The van der Waals surface area contributed by atoms with Crippen molar-refractivity contribution in [2.75, 3.05) is 37.7 Å². The third-order valence-electron chi connectivity index (χ3n) is 4.82. The van der Waals surface area contributed by atoms with Gasteiger partial charge in [0.05, 0.1) is 18.6 Å². The first-order chi connectivity index (χ1) is 11.1. The standard InChI is InChI=1S/C17H28N4O2/c1-3-17(4-2,13-18)16(22)20-12-14-5-6-15(19-11-14)21-7-9-23-10-8-21/h5-6,11H,3-4,7-10,12-13,18H2,1-2H3,(H,20,22). The molecule has 1 aliphatic heterocycles. The average molecular weight is 320 g/mol. The zero-order valence-corrected chi connectivity index (χ0v) is 14.2. The Morgan fingerprint density at radius 1 is 1.35 bits per heavy atom. The van der Waals surface area contributed by atoms with Crippen LogP contribution in [-0.4, -0.2) is 43.7 Å². The molecule has 1 amide bonds. The fourth-order valence-corrected chi connectivity index (χ4v) is 2.82. The number of carbonyl (C=O) groups is 1. The predicted octanol–water partition coefficient (Wildman–Crippen LogP) is 1.30. The Morgan fingerprint density at radius 2 is 2.04 bits per heavy atom. The maximum atomic E-state index is 12.4. The van der Waals surface area contributed by atoms with E-state index in [0.29, 0.717) is 13.1 Å². The van der Waals surface area contributed by atoms with E-state index < -0.39 is 5.41 Å². The number of hydrogen-bond donors (Lipinski definition) is 2. The number of hydrogen-bond acceptors (Lipinski definition) is 5. The molecule has 1 aromatic heterocycles. The fourth-order valence-electron chi connectivity index (χ4n) is 2.82. The molecular weight excluding hydrogens is 292 g/mol. The van der Waals surface area contributed by atoms with Gasteiger partial charge in [0, 0.05) is 32.4 Å². The molecule has 6 heteroatoms. The minimum atomic E-state index is -0.457. The Labute approximate surface area is 138 Å². The number of aromatic nitrogens is 1. The highest BCUT2D eigenvalue weighted by Gasteiger charge is 2.32. The number of pyridine rings is 1. The van der Waals surface area contributed by atoms with Crippen LogP contribution >= 0.6 is 0 Å². The molecule has 0 radical (unpaired) electrons. The number of amides is 1. The Kier molecular flexibility index (Phi) is 6.36. The molecule has 128 valence electrons. The lowest BCUT2D eigenvalue weighted by Crippen LogP contribution is -2.45. The molecule has 0 bridgehead atoms. The smallest absolute Gasteiger partial charge is 0.227 e. The lowest BCUT2D eigenvalue weighted by Gasteiger charge is -2.29. The van der Waals surface area contributed by atoms with E-state index in [0.717, 1.165) is 50.5 Å². The summed E-state index contributed by atoms with van der Waals surface area (Å²) in [5.41, 5.74) is 6.35. The van der Waals surface area contributed by atoms with Crippen LogP contribution in [0.25, 0.3) is 0 Å². The zero-order chi connectivity index (χ0) is 16.7. The van der Waals surface area contributed by atoms with Crippen molar-refractivity contribution in [1.82, 2.24) is 10.3 Å². The van der Waals surface area contributed by atoms with Crippen molar-refractivity contribution in [2.24, 2.45) is 11.1 Å². The van der Waals surface area contributed by atoms with E-state index in [1.807, 2.05) is 32.2 Å². The van der Waals surface area contributed by atoms with Crippen LogP contribution < -0.4 is 16.0 Å². The Morgan fingerprint density at radius 3 is 2.57 bits per heavy atom. The van der Waals surface area contributed by atoms with Crippen LogP contribution in [0.3, 0.4) is 0 Å². The van der Waals surface area contributed by atoms with E-state index in [2.05, 4.69) is 15.2 Å². The van der Waals surface area contributed by atoms with E-state index in [1.165, 1.54) is 0 Å². The van der Waals surface area contributed by atoms with E-state index >= 15 is 0 Å². The zero-order valence-electron chi connectivity index (χ0n) is 14.2. The van der Waals surface area contributed by atoms with Crippen molar-refractivity contribution in [1.29, 1.82) is 0 Å². The maximum absolute atomic E-state index is 12.4. The molecule has 0 aromatic carbocycles. The highest BCUT2D eigenvalue weighted by atomic mass is 16.5. The van der Waals surface area contributed by atoms with Crippen molar-refractivity contribution < 1.29 is 9.53 Å². The number of nitrogens with two attached hydrogens (primary N) is 1. The second kappa shape index (κ2) is 8.26. The van der Waals surface area contributed by atoms with Crippen LogP contribution in [0, 0.1) is 5.41 Å². The summed E-state index contributed by atoms with van der Waals surface area (Å²) < 4.78 is 5.35. The normalized spacial score (nSPS) is 15.5. The van der Waals surface area contributed by atoms with Crippen molar-refractivity contribution in [3.8, 4) is 0 Å².